The Kier molecular flexibility index (Phi) is 5.98. The third-order valence-corrected chi connectivity index (χ3v) is 5.23. The zero-order valence-corrected chi connectivity index (χ0v) is 17.5. The van der Waals surface area contributed by atoms with E-state index in [0.29, 0.717) is 26.1 Å². The van der Waals surface area contributed by atoms with Crippen LogP contribution in [-0.2, 0) is 17.8 Å². The number of ether oxygens (including phenoxy) is 1. The van der Waals surface area contributed by atoms with Gasteiger partial charge in [-0.2, -0.15) is 0 Å². The summed E-state index contributed by atoms with van der Waals surface area (Å²) >= 11 is 0. The van der Waals surface area contributed by atoms with Crippen molar-refractivity contribution in [2.24, 2.45) is 5.92 Å². The van der Waals surface area contributed by atoms with Crippen LogP contribution >= 0.6 is 0 Å². The number of benzene rings is 3. The Hall–Kier alpha value is -3.34. The Morgan fingerprint density at radius 1 is 1.03 bits per heavy atom. The maximum absolute atomic E-state index is 11.9. The minimum Gasteiger partial charge on any atom is -0.491 e. The summed E-state index contributed by atoms with van der Waals surface area (Å²) < 4.78 is 8.35. The maximum Gasteiger partial charge on any atom is 0.222 e. The normalized spacial score (nSPS) is 11.3. The van der Waals surface area contributed by atoms with Crippen LogP contribution in [0.2, 0.25) is 0 Å². The highest BCUT2D eigenvalue weighted by Crippen LogP contribution is 2.25. The van der Waals surface area contributed by atoms with Crippen LogP contribution in [0.5, 0.6) is 5.75 Å². The van der Waals surface area contributed by atoms with Gasteiger partial charge in [-0.05, 0) is 23.6 Å². The Morgan fingerprint density at radius 2 is 1.80 bits per heavy atom. The van der Waals surface area contributed by atoms with Crippen molar-refractivity contribution in [3.05, 3.63) is 72.6 Å². The summed E-state index contributed by atoms with van der Waals surface area (Å²) in [6, 6.07) is 22.5. The molecule has 0 aliphatic carbocycles. The van der Waals surface area contributed by atoms with Crippen molar-refractivity contribution in [2.45, 2.75) is 26.8 Å². The second kappa shape index (κ2) is 8.99. The third kappa shape index (κ3) is 4.30. The molecular weight excluding hydrogens is 374 g/mol. The van der Waals surface area contributed by atoms with Gasteiger partial charge in [0.25, 0.3) is 0 Å². The molecule has 0 bridgehead atoms. The van der Waals surface area contributed by atoms with E-state index in [4.69, 9.17) is 9.72 Å². The Balaban J connectivity index is 1.49. The number of para-hydroxylation sites is 2. The molecule has 1 N–H and O–H groups in total. The van der Waals surface area contributed by atoms with Gasteiger partial charge in [0, 0.05) is 24.3 Å². The summed E-state index contributed by atoms with van der Waals surface area (Å²) in [5, 5.41) is 5.27. The van der Waals surface area contributed by atoms with Gasteiger partial charge in [0.05, 0.1) is 17.6 Å². The second-order valence-corrected chi connectivity index (χ2v) is 7.69. The van der Waals surface area contributed by atoms with Crippen molar-refractivity contribution in [1.29, 1.82) is 0 Å². The van der Waals surface area contributed by atoms with Crippen molar-refractivity contribution in [3.63, 3.8) is 0 Å². The molecule has 1 aromatic heterocycles. The molecule has 0 atom stereocenters. The largest absolute Gasteiger partial charge is 0.491 e. The van der Waals surface area contributed by atoms with Crippen molar-refractivity contribution >= 4 is 27.7 Å². The summed E-state index contributed by atoms with van der Waals surface area (Å²) in [6.07, 6.45) is 0.682. The number of hydrogen-bond acceptors (Lipinski definition) is 3. The van der Waals surface area contributed by atoms with Crippen LogP contribution in [0.25, 0.3) is 21.8 Å². The highest BCUT2D eigenvalue weighted by molar-refractivity contribution is 5.88. The highest BCUT2D eigenvalue weighted by Gasteiger charge is 2.12. The molecule has 4 aromatic rings. The minimum absolute atomic E-state index is 0.0158. The van der Waals surface area contributed by atoms with Gasteiger partial charge in [-0.3, -0.25) is 4.79 Å². The molecule has 5 heteroatoms. The first-order valence-corrected chi connectivity index (χ1v) is 10.5. The van der Waals surface area contributed by atoms with Crippen molar-refractivity contribution in [1.82, 2.24) is 14.9 Å². The summed E-state index contributed by atoms with van der Waals surface area (Å²) in [5.41, 5.74) is 2.05. The molecule has 1 amide bonds. The summed E-state index contributed by atoms with van der Waals surface area (Å²) in [6.45, 7) is 5.60. The monoisotopic (exact) mass is 401 g/mol. The molecule has 0 aliphatic heterocycles. The fourth-order valence-electron chi connectivity index (χ4n) is 3.64. The Bertz CT molecular complexity index is 1160. The van der Waals surface area contributed by atoms with E-state index in [0.717, 1.165) is 28.0 Å². The quantitative estimate of drug-likeness (QED) is 0.470. The van der Waals surface area contributed by atoms with Crippen LogP contribution in [0.15, 0.2) is 66.7 Å². The highest BCUT2D eigenvalue weighted by atomic mass is 16.5. The van der Waals surface area contributed by atoms with Crippen LogP contribution < -0.4 is 10.1 Å². The van der Waals surface area contributed by atoms with E-state index < -0.39 is 0 Å². The Morgan fingerprint density at radius 3 is 2.67 bits per heavy atom. The topological polar surface area (TPSA) is 56.2 Å². The van der Waals surface area contributed by atoms with Crippen LogP contribution in [0.3, 0.4) is 0 Å². The molecule has 0 saturated heterocycles. The van der Waals surface area contributed by atoms with Gasteiger partial charge in [-0.25, -0.2) is 4.98 Å². The first-order valence-electron chi connectivity index (χ1n) is 10.5. The molecule has 0 aliphatic rings. The number of rotatable bonds is 8. The molecule has 30 heavy (non-hydrogen) atoms. The number of nitrogens with zero attached hydrogens (tertiary/aromatic N) is 2. The maximum atomic E-state index is 11.9. The summed E-state index contributed by atoms with van der Waals surface area (Å²) in [7, 11) is 0. The number of imidazole rings is 1. The number of amides is 1. The van der Waals surface area contributed by atoms with E-state index in [9.17, 15) is 4.79 Å². The zero-order chi connectivity index (χ0) is 20.9. The van der Waals surface area contributed by atoms with Gasteiger partial charge in [0.2, 0.25) is 5.91 Å². The van der Waals surface area contributed by atoms with Crippen LogP contribution in [0.4, 0.5) is 0 Å². The van der Waals surface area contributed by atoms with E-state index in [1.165, 1.54) is 5.39 Å². The predicted molar refractivity (Wildman–Crippen MR) is 121 cm³/mol. The number of aromatic nitrogens is 2. The van der Waals surface area contributed by atoms with Gasteiger partial charge < -0.3 is 14.6 Å². The molecule has 0 fully saturated rings. The SMILES string of the molecule is CC(C)C(=O)NCCc1nc2ccccc2n1CCOc1cccc2ccccc12. The van der Waals surface area contributed by atoms with E-state index in [1.807, 2.05) is 56.3 Å². The number of nitrogens with one attached hydrogen (secondary N) is 1. The molecule has 0 spiro atoms. The third-order valence-electron chi connectivity index (χ3n) is 5.23. The smallest absolute Gasteiger partial charge is 0.222 e. The fourth-order valence-corrected chi connectivity index (χ4v) is 3.64. The molecular formula is C25H27N3O2. The zero-order valence-electron chi connectivity index (χ0n) is 17.5. The van der Waals surface area contributed by atoms with Gasteiger partial charge in [0.15, 0.2) is 0 Å². The minimum atomic E-state index is -0.0158. The lowest BCUT2D eigenvalue weighted by Crippen LogP contribution is -2.30. The second-order valence-electron chi connectivity index (χ2n) is 7.69. The van der Waals surface area contributed by atoms with Gasteiger partial charge in [-0.1, -0.05) is 62.4 Å². The van der Waals surface area contributed by atoms with E-state index in [2.05, 4.69) is 34.1 Å². The average Bonchev–Trinajstić information content (AvgIpc) is 3.11. The number of carbonyl (C=O) groups is 1. The molecule has 154 valence electrons. The number of carbonyl (C=O) groups excluding carboxylic acids is 1. The molecule has 1 heterocycles. The van der Waals surface area contributed by atoms with E-state index in [1.54, 1.807) is 0 Å². The molecule has 3 aromatic carbocycles. The van der Waals surface area contributed by atoms with Crippen molar-refractivity contribution < 1.29 is 9.53 Å². The first-order chi connectivity index (χ1) is 14.6. The van der Waals surface area contributed by atoms with Gasteiger partial charge in [-0.15, -0.1) is 0 Å². The lowest BCUT2D eigenvalue weighted by Gasteiger charge is -2.13. The van der Waals surface area contributed by atoms with Crippen LogP contribution in [0.1, 0.15) is 19.7 Å². The van der Waals surface area contributed by atoms with Crippen molar-refractivity contribution in [2.75, 3.05) is 13.2 Å². The molecule has 0 unspecified atom stereocenters. The molecule has 5 nitrogen and oxygen atoms in total. The van der Waals surface area contributed by atoms with Gasteiger partial charge >= 0.3 is 0 Å². The summed E-state index contributed by atoms with van der Waals surface area (Å²) in [4.78, 5) is 16.7. The number of fused-ring (bicyclic) bond motifs is 2. The number of hydrogen-bond donors (Lipinski definition) is 1. The van der Waals surface area contributed by atoms with Crippen LogP contribution in [-0.4, -0.2) is 28.6 Å². The van der Waals surface area contributed by atoms with Crippen molar-refractivity contribution in [3.8, 4) is 5.75 Å². The standard InChI is InChI=1S/C25H27N3O2/c1-18(2)25(29)26-15-14-24-27-21-11-5-6-12-22(21)28(24)16-17-30-23-13-7-9-19-8-3-4-10-20(19)23/h3-13,18H,14-17H2,1-2H3,(H,26,29). The van der Waals surface area contributed by atoms with Gasteiger partial charge in [0.1, 0.15) is 18.2 Å². The average molecular weight is 402 g/mol. The van der Waals surface area contributed by atoms with Crippen LogP contribution in [0, 0.1) is 5.92 Å². The predicted octanol–water partition coefficient (Wildman–Crippen LogP) is 4.58. The summed E-state index contributed by atoms with van der Waals surface area (Å²) in [5.74, 6) is 1.90. The lowest BCUT2D eigenvalue weighted by molar-refractivity contribution is -0.123. The fraction of sp³-hybridized carbons (Fsp3) is 0.280. The first kappa shape index (κ1) is 20.0. The van der Waals surface area contributed by atoms with E-state index >= 15 is 0 Å². The van der Waals surface area contributed by atoms with E-state index in [-0.39, 0.29) is 11.8 Å². The molecule has 0 radical (unpaired) electrons. The Labute approximate surface area is 176 Å². The lowest BCUT2D eigenvalue weighted by atomic mass is 10.1. The molecule has 4 rings (SSSR count). The molecule has 0 saturated carbocycles.